The zero-order valence-corrected chi connectivity index (χ0v) is 16.9. The predicted molar refractivity (Wildman–Crippen MR) is 116 cm³/mol. The highest BCUT2D eigenvalue weighted by Crippen LogP contribution is 1.97. The predicted octanol–water partition coefficient (Wildman–Crippen LogP) is 6.60. The summed E-state index contributed by atoms with van der Waals surface area (Å²) in [5.41, 5.74) is 0. The molecule has 0 bridgehead atoms. The Morgan fingerprint density at radius 1 is 0.731 bits per heavy atom. The molecule has 0 aromatic heterocycles. The van der Waals surface area contributed by atoms with Gasteiger partial charge in [-0.25, -0.2) is 0 Å². The molecular formula is C24H37NO. The molecule has 0 radical (unpaired) electrons. The highest BCUT2D eigenvalue weighted by atomic mass is 16.1. The van der Waals surface area contributed by atoms with E-state index >= 15 is 0 Å². The highest BCUT2D eigenvalue weighted by molar-refractivity contribution is 5.76. The van der Waals surface area contributed by atoms with Crippen molar-refractivity contribution >= 4 is 5.91 Å². The molecule has 0 saturated heterocycles. The molecule has 2 heteroatoms. The molecule has 0 rings (SSSR count). The molecule has 2 nitrogen and oxygen atoms in total. The summed E-state index contributed by atoms with van der Waals surface area (Å²) in [6.45, 7) is 6.11. The molecule has 0 unspecified atom stereocenters. The van der Waals surface area contributed by atoms with Crippen LogP contribution in [0.5, 0.6) is 0 Å². The third-order valence-corrected chi connectivity index (χ3v) is 3.36. The molecule has 0 atom stereocenters. The van der Waals surface area contributed by atoms with E-state index in [0.717, 1.165) is 38.5 Å². The van der Waals surface area contributed by atoms with Gasteiger partial charge in [-0.15, -0.1) is 0 Å². The van der Waals surface area contributed by atoms with Gasteiger partial charge in [0.25, 0.3) is 0 Å². The van der Waals surface area contributed by atoms with E-state index in [2.05, 4.69) is 85.2 Å². The van der Waals surface area contributed by atoms with Crippen molar-refractivity contribution in [1.82, 2.24) is 5.32 Å². The van der Waals surface area contributed by atoms with E-state index < -0.39 is 0 Å². The fraction of sp³-hybridized carbons (Fsp3) is 0.458. The molecule has 0 heterocycles. The first kappa shape index (κ1) is 23.9. The van der Waals surface area contributed by atoms with Crippen LogP contribution in [-0.4, -0.2) is 11.9 Å². The van der Waals surface area contributed by atoms with Crippen LogP contribution >= 0.6 is 0 Å². The summed E-state index contributed by atoms with van der Waals surface area (Å²) in [5, 5.41) is 2.89. The molecule has 0 saturated carbocycles. The summed E-state index contributed by atoms with van der Waals surface area (Å²) in [6, 6.07) is 0.224. The van der Waals surface area contributed by atoms with Crippen molar-refractivity contribution in [3.8, 4) is 0 Å². The van der Waals surface area contributed by atoms with Gasteiger partial charge in [0.15, 0.2) is 0 Å². The van der Waals surface area contributed by atoms with Crippen molar-refractivity contribution in [3.05, 3.63) is 72.9 Å². The van der Waals surface area contributed by atoms with Crippen LogP contribution in [0.25, 0.3) is 0 Å². The van der Waals surface area contributed by atoms with Gasteiger partial charge in [-0.05, 0) is 52.4 Å². The van der Waals surface area contributed by atoms with E-state index in [0.29, 0.717) is 6.42 Å². The van der Waals surface area contributed by atoms with E-state index in [4.69, 9.17) is 0 Å². The second-order valence-corrected chi connectivity index (χ2v) is 6.35. The van der Waals surface area contributed by atoms with Crippen molar-refractivity contribution in [1.29, 1.82) is 0 Å². The Kier molecular flexibility index (Phi) is 17.7. The maximum absolute atomic E-state index is 11.4. The number of hydrogen-bond acceptors (Lipinski definition) is 1. The van der Waals surface area contributed by atoms with Crippen molar-refractivity contribution in [2.45, 2.75) is 71.8 Å². The number of carbonyl (C=O) groups is 1. The standard InChI is InChI=1S/C24H37NO/c1-4-5-6-7-8-9-10-11-12-13-14-15-16-17-18-19-20-21-22-24(26)25-23(2)3/h5-6,8-9,11-14,16-17,19-20,23H,4,7,10,15,18,21-22H2,1-3H3,(H,25,26)/b6-5-,9-8-,12-11-,14-13-,17-16-,20-19-. The first-order chi connectivity index (χ1) is 12.7. The lowest BCUT2D eigenvalue weighted by Crippen LogP contribution is -2.29. The van der Waals surface area contributed by atoms with Gasteiger partial charge < -0.3 is 5.32 Å². The lowest BCUT2D eigenvalue weighted by Gasteiger charge is -2.06. The Labute approximate surface area is 161 Å². The smallest absolute Gasteiger partial charge is 0.220 e. The van der Waals surface area contributed by atoms with Gasteiger partial charge in [-0.1, -0.05) is 79.8 Å². The number of rotatable bonds is 14. The third-order valence-electron chi connectivity index (χ3n) is 3.36. The Bertz CT molecular complexity index is 504. The molecule has 1 N–H and O–H groups in total. The number of carbonyl (C=O) groups excluding carboxylic acids is 1. The summed E-state index contributed by atoms with van der Waals surface area (Å²) in [4.78, 5) is 11.4. The van der Waals surface area contributed by atoms with E-state index in [1.54, 1.807) is 0 Å². The fourth-order valence-corrected chi connectivity index (χ4v) is 2.10. The average molecular weight is 356 g/mol. The van der Waals surface area contributed by atoms with Gasteiger partial charge in [-0.2, -0.15) is 0 Å². The monoisotopic (exact) mass is 355 g/mol. The maximum Gasteiger partial charge on any atom is 0.220 e. The van der Waals surface area contributed by atoms with E-state index in [9.17, 15) is 4.79 Å². The van der Waals surface area contributed by atoms with Gasteiger partial charge >= 0.3 is 0 Å². The normalized spacial score (nSPS) is 13.1. The van der Waals surface area contributed by atoms with Gasteiger partial charge in [-0.3, -0.25) is 4.79 Å². The van der Waals surface area contributed by atoms with Crippen LogP contribution < -0.4 is 5.32 Å². The minimum atomic E-state index is 0.127. The Hall–Kier alpha value is -2.09. The number of hydrogen-bond donors (Lipinski definition) is 1. The van der Waals surface area contributed by atoms with Crippen molar-refractivity contribution in [2.24, 2.45) is 0 Å². The first-order valence-corrected chi connectivity index (χ1v) is 9.87. The second-order valence-electron chi connectivity index (χ2n) is 6.35. The van der Waals surface area contributed by atoms with Gasteiger partial charge in [0.05, 0.1) is 0 Å². The van der Waals surface area contributed by atoms with E-state index in [-0.39, 0.29) is 11.9 Å². The highest BCUT2D eigenvalue weighted by Gasteiger charge is 2.00. The van der Waals surface area contributed by atoms with Crippen LogP contribution in [0.4, 0.5) is 0 Å². The third kappa shape index (κ3) is 20.0. The van der Waals surface area contributed by atoms with Gasteiger partial charge in [0.1, 0.15) is 0 Å². The second kappa shape index (κ2) is 19.2. The molecule has 26 heavy (non-hydrogen) atoms. The lowest BCUT2D eigenvalue weighted by atomic mass is 10.2. The average Bonchev–Trinajstić information content (AvgIpc) is 2.60. The quantitative estimate of drug-likeness (QED) is 0.276. The van der Waals surface area contributed by atoms with Crippen molar-refractivity contribution < 1.29 is 4.79 Å². The van der Waals surface area contributed by atoms with Crippen molar-refractivity contribution in [2.75, 3.05) is 0 Å². The van der Waals surface area contributed by atoms with Crippen LogP contribution in [0, 0.1) is 0 Å². The minimum absolute atomic E-state index is 0.127. The molecule has 0 aliphatic rings. The minimum Gasteiger partial charge on any atom is -0.354 e. The summed E-state index contributed by atoms with van der Waals surface area (Å²) in [6.07, 6.45) is 32.2. The number of allylic oxidation sites excluding steroid dienone is 12. The van der Waals surface area contributed by atoms with Gasteiger partial charge in [0, 0.05) is 12.5 Å². The SMILES string of the molecule is CC/C=C\C/C=C\C/C=C\C=C/C/C=C\C/C=C\CCC(=O)NC(C)C. The molecule has 144 valence electrons. The largest absolute Gasteiger partial charge is 0.354 e. The van der Waals surface area contributed by atoms with Crippen LogP contribution in [0.2, 0.25) is 0 Å². The fourth-order valence-electron chi connectivity index (χ4n) is 2.10. The molecule has 0 aliphatic heterocycles. The van der Waals surface area contributed by atoms with Crippen LogP contribution in [-0.2, 0) is 4.79 Å². The van der Waals surface area contributed by atoms with Crippen LogP contribution in [0.15, 0.2) is 72.9 Å². The zero-order valence-electron chi connectivity index (χ0n) is 16.9. The van der Waals surface area contributed by atoms with Crippen molar-refractivity contribution in [3.63, 3.8) is 0 Å². The zero-order chi connectivity index (χ0) is 19.3. The summed E-state index contributed by atoms with van der Waals surface area (Å²) >= 11 is 0. The van der Waals surface area contributed by atoms with Gasteiger partial charge in [0.2, 0.25) is 5.91 Å². The molecule has 0 fully saturated rings. The Morgan fingerprint density at radius 2 is 1.19 bits per heavy atom. The topological polar surface area (TPSA) is 29.1 Å². The molecular weight excluding hydrogens is 318 g/mol. The Balaban J connectivity index is 3.60. The Morgan fingerprint density at radius 3 is 1.69 bits per heavy atom. The lowest BCUT2D eigenvalue weighted by molar-refractivity contribution is -0.121. The molecule has 0 aliphatic carbocycles. The molecule has 1 amide bonds. The summed E-state index contributed by atoms with van der Waals surface area (Å²) < 4.78 is 0. The maximum atomic E-state index is 11.4. The van der Waals surface area contributed by atoms with Crippen LogP contribution in [0.3, 0.4) is 0 Å². The first-order valence-electron chi connectivity index (χ1n) is 9.87. The van der Waals surface area contributed by atoms with E-state index in [1.165, 1.54) is 0 Å². The number of nitrogens with one attached hydrogen (secondary N) is 1. The molecule has 0 aromatic rings. The molecule has 0 aromatic carbocycles. The van der Waals surface area contributed by atoms with E-state index in [1.807, 2.05) is 13.8 Å². The molecule has 0 spiro atoms. The van der Waals surface area contributed by atoms with Crippen LogP contribution in [0.1, 0.15) is 65.7 Å². The number of amides is 1. The summed E-state index contributed by atoms with van der Waals surface area (Å²) in [5.74, 6) is 0.127. The summed E-state index contributed by atoms with van der Waals surface area (Å²) in [7, 11) is 0.